The molecule has 0 radical (unpaired) electrons. The number of rotatable bonds is 6. The smallest absolute Gasteiger partial charge is 0.346 e. The van der Waals surface area contributed by atoms with Crippen molar-refractivity contribution in [3.05, 3.63) is 26.5 Å². The van der Waals surface area contributed by atoms with Gasteiger partial charge in [-0.3, -0.25) is 9.78 Å². The van der Waals surface area contributed by atoms with E-state index in [2.05, 4.69) is 10.1 Å². The van der Waals surface area contributed by atoms with Crippen LogP contribution in [0.15, 0.2) is 9.59 Å². The van der Waals surface area contributed by atoms with Crippen LogP contribution in [0.2, 0.25) is 0 Å². The average molecular weight is 229 g/mol. The van der Waals surface area contributed by atoms with Crippen molar-refractivity contribution in [3.8, 4) is 0 Å². The minimum absolute atomic E-state index is 0.0765. The van der Waals surface area contributed by atoms with E-state index in [1.54, 1.807) is 0 Å². The Hall–Kier alpha value is -1.47. The molecule has 16 heavy (non-hydrogen) atoms. The number of aromatic amines is 1. The highest BCUT2D eigenvalue weighted by Gasteiger charge is 2.05. The molecule has 0 aliphatic heterocycles. The highest BCUT2D eigenvalue weighted by atomic mass is 16.5. The van der Waals surface area contributed by atoms with Crippen molar-refractivity contribution in [2.45, 2.75) is 26.5 Å². The zero-order valence-electron chi connectivity index (χ0n) is 9.10. The van der Waals surface area contributed by atoms with Crippen LogP contribution in [0.3, 0.4) is 0 Å². The molecule has 0 aliphatic carbocycles. The van der Waals surface area contributed by atoms with E-state index in [0.717, 1.165) is 11.1 Å². The first-order chi connectivity index (χ1) is 7.69. The van der Waals surface area contributed by atoms with Gasteiger partial charge in [-0.1, -0.05) is 13.3 Å². The summed E-state index contributed by atoms with van der Waals surface area (Å²) in [6.07, 6.45) is 1.28. The molecule has 1 rings (SSSR count). The highest BCUT2D eigenvalue weighted by Crippen LogP contribution is 1.89. The van der Waals surface area contributed by atoms with Gasteiger partial charge in [-0.2, -0.15) is 9.78 Å². The van der Waals surface area contributed by atoms with Gasteiger partial charge in [0.1, 0.15) is 12.4 Å². The second kappa shape index (κ2) is 6.19. The molecular formula is C9H15N3O4. The quantitative estimate of drug-likeness (QED) is 0.600. The Balaban J connectivity index is 2.87. The van der Waals surface area contributed by atoms with E-state index in [-0.39, 0.29) is 19.9 Å². The summed E-state index contributed by atoms with van der Waals surface area (Å²) in [5.41, 5.74) is -0.747. The maximum absolute atomic E-state index is 11.3. The summed E-state index contributed by atoms with van der Waals surface area (Å²) in [4.78, 5) is 24.8. The summed E-state index contributed by atoms with van der Waals surface area (Å²) >= 11 is 0. The predicted octanol–water partition coefficient (Wildman–Crippen LogP) is -1.15. The second-order valence-electron chi connectivity index (χ2n) is 3.22. The van der Waals surface area contributed by atoms with Crippen LogP contribution in [0.4, 0.5) is 0 Å². The first kappa shape index (κ1) is 12.6. The SMILES string of the molecule is CCCc1nn(COCCO)c(=O)[nH]c1=O. The lowest BCUT2D eigenvalue weighted by Gasteiger charge is -2.05. The van der Waals surface area contributed by atoms with Gasteiger partial charge in [0.15, 0.2) is 0 Å². The lowest BCUT2D eigenvalue weighted by atomic mass is 10.3. The Morgan fingerprint density at radius 2 is 2.25 bits per heavy atom. The van der Waals surface area contributed by atoms with Crippen LogP contribution in [-0.4, -0.2) is 33.1 Å². The number of hydrogen-bond donors (Lipinski definition) is 2. The van der Waals surface area contributed by atoms with Gasteiger partial charge in [0.05, 0.1) is 13.2 Å². The van der Waals surface area contributed by atoms with Crippen LogP contribution in [-0.2, 0) is 17.9 Å². The molecule has 90 valence electrons. The van der Waals surface area contributed by atoms with E-state index in [9.17, 15) is 9.59 Å². The topological polar surface area (TPSA) is 97.2 Å². The zero-order chi connectivity index (χ0) is 12.0. The molecule has 0 aromatic carbocycles. The maximum Gasteiger partial charge on any atom is 0.346 e. The third kappa shape index (κ3) is 3.28. The molecule has 0 atom stereocenters. The standard InChI is InChI=1S/C9H15N3O4/c1-2-3-7-8(14)10-9(15)12(11-7)6-16-5-4-13/h13H,2-6H2,1H3,(H,10,14,15). The van der Waals surface area contributed by atoms with E-state index >= 15 is 0 Å². The molecule has 0 saturated carbocycles. The summed E-state index contributed by atoms with van der Waals surface area (Å²) in [5.74, 6) is 0. The van der Waals surface area contributed by atoms with Crippen LogP contribution < -0.4 is 11.2 Å². The van der Waals surface area contributed by atoms with Crippen molar-refractivity contribution in [2.24, 2.45) is 0 Å². The Kier molecular flexibility index (Phi) is 4.87. The maximum atomic E-state index is 11.3. The molecule has 0 fully saturated rings. The number of nitrogens with one attached hydrogen (secondary N) is 1. The number of H-pyrrole nitrogens is 1. The van der Waals surface area contributed by atoms with Crippen LogP contribution in [0.25, 0.3) is 0 Å². The summed E-state index contributed by atoms with van der Waals surface area (Å²) in [5, 5.41) is 12.4. The molecule has 0 spiro atoms. The van der Waals surface area contributed by atoms with Crippen LogP contribution in [0.5, 0.6) is 0 Å². The van der Waals surface area contributed by atoms with Gasteiger partial charge >= 0.3 is 5.69 Å². The predicted molar refractivity (Wildman–Crippen MR) is 56.2 cm³/mol. The highest BCUT2D eigenvalue weighted by molar-refractivity contribution is 4.92. The lowest BCUT2D eigenvalue weighted by Crippen LogP contribution is -2.35. The molecule has 1 aromatic heterocycles. The van der Waals surface area contributed by atoms with Crippen molar-refractivity contribution in [2.75, 3.05) is 13.2 Å². The molecule has 0 saturated heterocycles. The molecular weight excluding hydrogens is 214 g/mol. The van der Waals surface area contributed by atoms with Gasteiger partial charge in [-0.05, 0) is 6.42 Å². The number of aromatic nitrogens is 3. The van der Waals surface area contributed by atoms with Gasteiger partial charge < -0.3 is 9.84 Å². The number of hydrogen-bond acceptors (Lipinski definition) is 5. The summed E-state index contributed by atoms with van der Waals surface area (Å²) in [6, 6.07) is 0. The molecule has 1 heterocycles. The Morgan fingerprint density at radius 1 is 1.50 bits per heavy atom. The van der Waals surface area contributed by atoms with Gasteiger partial charge in [-0.25, -0.2) is 4.79 Å². The second-order valence-corrected chi connectivity index (χ2v) is 3.22. The Morgan fingerprint density at radius 3 is 2.88 bits per heavy atom. The van der Waals surface area contributed by atoms with Crippen molar-refractivity contribution in [1.29, 1.82) is 0 Å². The van der Waals surface area contributed by atoms with E-state index < -0.39 is 11.2 Å². The number of aliphatic hydroxyl groups excluding tert-OH is 1. The van der Waals surface area contributed by atoms with Gasteiger partial charge in [0, 0.05) is 0 Å². The number of aliphatic hydroxyl groups is 1. The first-order valence-corrected chi connectivity index (χ1v) is 5.08. The lowest BCUT2D eigenvalue weighted by molar-refractivity contribution is 0.0379. The van der Waals surface area contributed by atoms with Crippen molar-refractivity contribution in [1.82, 2.24) is 14.8 Å². The minimum Gasteiger partial charge on any atom is -0.394 e. The van der Waals surface area contributed by atoms with E-state index in [0.29, 0.717) is 12.1 Å². The molecule has 7 heteroatoms. The van der Waals surface area contributed by atoms with Crippen LogP contribution in [0.1, 0.15) is 19.0 Å². The number of aryl methyl sites for hydroxylation is 1. The summed E-state index contributed by atoms with van der Waals surface area (Å²) in [7, 11) is 0. The van der Waals surface area contributed by atoms with E-state index in [1.807, 2.05) is 6.92 Å². The van der Waals surface area contributed by atoms with Gasteiger partial charge in [0.25, 0.3) is 5.56 Å². The minimum atomic E-state index is -0.609. The Labute approximate surface area is 91.7 Å². The van der Waals surface area contributed by atoms with Gasteiger partial charge in [0.2, 0.25) is 0 Å². The zero-order valence-corrected chi connectivity index (χ0v) is 9.10. The molecule has 7 nitrogen and oxygen atoms in total. The normalized spacial score (nSPS) is 10.6. The summed E-state index contributed by atoms with van der Waals surface area (Å²) in [6.45, 7) is 1.84. The molecule has 0 bridgehead atoms. The molecule has 0 aliphatic rings. The third-order valence-corrected chi connectivity index (χ3v) is 1.89. The van der Waals surface area contributed by atoms with Crippen LogP contribution >= 0.6 is 0 Å². The fourth-order valence-electron chi connectivity index (χ4n) is 1.17. The fraction of sp³-hybridized carbons (Fsp3) is 0.667. The molecule has 0 unspecified atom stereocenters. The average Bonchev–Trinajstić information content (AvgIpc) is 2.25. The van der Waals surface area contributed by atoms with Crippen molar-refractivity contribution >= 4 is 0 Å². The third-order valence-electron chi connectivity index (χ3n) is 1.89. The van der Waals surface area contributed by atoms with Gasteiger partial charge in [-0.15, -0.1) is 0 Å². The molecule has 1 aromatic rings. The van der Waals surface area contributed by atoms with Crippen molar-refractivity contribution in [3.63, 3.8) is 0 Å². The largest absolute Gasteiger partial charge is 0.394 e. The van der Waals surface area contributed by atoms with E-state index in [1.165, 1.54) is 0 Å². The number of ether oxygens (including phenoxy) is 1. The van der Waals surface area contributed by atoms with Crippen LogP contribution in [0, 0.1) is 0 Å². The monoisotopic (exact) mass is 229 g/mol. The number of nitrogens with zero attached hydrogens (tertiary/aromatic N) is 2. The van der Waals surface area contributed by atoms with Crippen molar-refractivity contribution < 1.29 is 9.84 Å². The van der Waals surface area contributed by atoms with E-state index in [4.69, 9.17) is 9.84 Å². The summed E-state index contributed by atoms with van der Waals surface area (Å²) < 4.78 is 5.98. The fourth-order valence-corrected chi connectivity index (χ4v) is 1.17. The Bertz CT molecular complexity index is 437. The molecule has 2 N–H and O–H groups in total. The molecule has 0 amide bonds. The first-order valence-electron chi connectivity index (χ1n) is 5.08.